The third-order valence-corrected chi connectivity index (χ3v) is 20.1. The zero-order chi connectivity index (χ0) is 95.6. The number of aromatic nitrogens is 6. The number of fused-ring (bicyclic) bond motifs is 4. The van der Waals surface area contributed by atoms with Crippen LogP contribution in [0.2, 0.25) is 0 Å². The Morgan fingerprint density at radius 2 is 0.955 bits per heavy atom. The quantitative estimate of drug-likeness (QED) is 0.00281. The van der Waals surface area contributed by atoms with Crippen LogP contribution in [0.15, 0.2) is 172 Å². The molecule has 4 aromatic heterocycles. The minimum atomic E-state index is -0.836. The number of hydrogen-bond donors (Lipinski definition) is 5. The van der Waals surface area contributed by atoms with E-state index >= 15 is 0 Å². The number of carbonyl (C=O) groups is 6. The molecule has 0 saturated heterocycles. The fraction of sp³-hybridized carbons (Fsp3) is 0.357. The molecule has 4 heterocycles. The summed E-state index contributed by atoms with van der Waals surface area (Å²) in [6, 6.07) is 38.2. The molecule has 48 heteroatoms. The number of hydrogen-bond acceptors (Lipinski definition) is 23. The second kappa shape index (κ2) is 74.7. The van der Waals surface area contributed by atoms with Gasteiger partial charge in [-0.3, -0.25) is 62.7 Å². The Labute approximate surface area is 949 Å². The number of nitrogens with two attached hydrogens (primary N) is 2. The molecule has 34 nitrogen and oxygen atoms in total. The number of rotatable bonds is 28. The number of aryl methyl sites for hydroxylation is 6. The molecule has 0 atom stereocenters. The maximum atomic E-state index is 13.4. The van der Waals surface area contributed by atoms with Crippen molar-refractivity contribution in [1.29, 1.82) is 0 Å². The van der Waals surface area contributed by atoms with Gasteiger partial charge >= 0.3 is 186 Å². The van der Waals surface area contributed by atoms with Crippen LogP contribution in [-0.2, 0) is 97.6 Å². The molecule has 0 aliphatic heterocycles. The van der Waals surface area contributed by atoms with Crippen molar-refractivity contribution in [2.75, 3.05) is 95.1 Å². The number of imidazole rings is 2. The van der Waals surface area contributed by atoms with Crippen LogP contribution in [0, 0.1) is 39.9 Å². The van der Waals surface area contributed by atoms with Gasteiger partial charge in [0.05, 0.1) is 141 Å². The van der Waals surface area contributed by atoms with Gasteiger partial charge in [0.25, 0.3) is 12.2 Å². The van der Waals surface area contributed by atoms with Gasteiger partial charge in [0, 0.05) is 118 Å². The topological polar surface area (TPSA) is 481 Å². The van der Waals surface area contributed by atoms with Crippen LogP contribution in [0.3, 0.4) is 0 Å². The van der Waals surface area contributed by atoms with Gasteiger partial charge in [0.1, 0.15) is 12.2 Å². The summed E-state index contributed by atoms with van der Waals surface area (Å²) in [6.07, 6.45) is 5.50. The van der Waals surface area contributed by atoms with E-state index in [0.29, 0.717) is 92.8 Å². The molecule has 132 heavy (non-hydrogen) atoms. The molecule has 0 aliphatic rings. The smallest absolute Gasteiger partial charge is 1.00 e. The Bertz CT molecular complexity index is 5520. The summed E-state index contributed by atoms with van der Waals surface area (Å²) in [5.74, 6) is -2.19. The number of nitrogen functional groups attached to an aromatic ring is 1. The molecule has 11 aromatic rings. The number of nitro groups is 2. The van der Waals surface area contributed by atoms with Crippen molar-refractivity contribution in [2.45, 2.75) is 107 Å². The van der Waals surface area contributed by atoms with E-state index in [4.69, 9.17) is 59.7 Å². The van der Waals surface area contributed by atoms with Crippen LogP contribution < -0.4 is 165 Å². The molecule has 0 fully saturated rings. The van der Waals surface area contributed by atoms with Gasteiger partial charge in [-0.1, -0.05) is 77.2 Å². The number of nitrogens with zero attached hydrogens (tertiary/aromatic N) is 8. The summed E-state index contributed by atoms with van der Waals surface area (Å²) >= 11 is 17.6. The van der Waals surface area contributed by atoms with E-state index in [1.807, 2.05) is 84.2 Å². The largest absolute Gasteiger partial charge is 1.00 e. The second-order valence-corrected chi connectivity index (χ2v) is 35.4. The Hall–Kier alpha value is -4.29. The van der Waals surface area contributed by atoms with E-state index in [1.165, 1.54) is 55.7 Å². The van der Waals surface area contributed by atoms with Crippen molar-refractivity contribution in [3.63, 3.8) is 0 Å². The molecule has 2 radical (unpaired) electrons. The SMILES string of the molecule is CCOC(=O)CCN.CCOC(=O)CCNc1c(Br)cccc1[N+](=O)[O-].CCOC(=O)CCNc1c(N)cccc1Br.CCOC(=O)CCn1c(=O)[nH]c2cccc(Br)c21.CCOC(=O)CCn1c(=O)n(Cc2cn(C)c3cccc(C)c23)c2cccc(Br)c21.Cc1cccc2c1c(C[N+](C)(C)C)cn2C.Cl.O.O.O=CO[O-].O=[N+]([O-])c1cccc(Br)c1F.[2H]CI.[Cl][Sn][Cl].[H-].[I-].[K+].[K+]. The van der Waals surface area contributed by atoms with Gasteiger partial charge in [-0.05, 0) is 210 Å². The van der Waals surface area contributed by atoms with Crippen molar-refractivity contribution in [3.8, 4) is 0 Å². The average Bonchev–Trinajstić information content (AvgIpc) is 1.60. The number of aromatic amines is 1. The van der Waals surface area contributed by atoms with Gasteiger partial charge in [-0.2, -0.15) is 4.39 Å². The van der Waals surface area contributed by atoms with Crippen LogP contribution in [0.25, 0.3) is 43.9 Å². The summed E-state index contributed by atoms with van der Waals surface area (Å²) < 4.78 is 56.5. The number of anilines is 3. The number of H-pyrrole nitrogens is 1. The van der Waals surface area contributed by atoms with Crippen molar-refractivity contribution >= 4 is 260 Å². The molecule has 0 unspecified atom stereocenters. The van der Waals surface area contributed by atoms with Crippen LogP contribution in [-0.4, -0.2) is 187 Å². The number of esters is 5. The molecule has 7 aromatic carbocycles. The number of para-hydroxylation sites is 4. The number of alkyl halides is 1. The maximum Gasteiger partial charge on any atom is 1.00 e. The number of halogens is 11. The first-order valence-corrected chi connectivity index (χ1v) is 51.2. The predicted octanol–water partition coefficient (Wildman–Crippen LogP) is 7.00. The number of nitrogens with one attached hydrogen (secondary N) is 3. The molecule has 0 aliphatic carbocycles. The molecule has 11 rings (SSSR count). The monoisotopic (exact) mass is 2610 g/mol. The normalized spacial score (nSPS) is 9.89. The second-order valence-electron chi connectivity index (χ2n) is 26.9. The van der Waals surface area contributed by atoms with Gasteiger partial charge in [-0.15, -0.1) is 12.4 Å². The van der Waals surface area contributed by atoms with E-state index in [0.717, 1.165) is 69.3 Å². The van der Waals surface area contributed by atoms with E-state index in [9.17, 15) is 58.2 Å². The number of carbonyl (C=O) groups excluding carboxylic acids is 6. The van der Waals surface area contributed by atoms with E-state index < -0.39 is 40.2 Å². The first-order chi connectivity index (χ1) is 60.3. The fourth-order valence-corrected chi connectivity index (χ4v) is 14.5. The number of benzene rings is 7. The minimum absolute atomic E-state index is 0. The van der Waals surface area contributed by atoms with Crippen molar-refractivity contribution in [3.05, 3.63) is 231 Å². The number of ether oxygens (including phenoxy) is 5. The summed E-state index contributed by atoms with van der Waals surface area (Å²) in [6.45, 7) is 18.1. The van der Waals surface area contributed by atoms with E-state index in [1.54, 1.807) is 62.0 Å². The number of quaternary nitrogens is 1. The van der Waals surface area contributed by atoms with Crippen molar-refractivity contribution in [2.24, 2.45) is 19.8 Å². The van der Waals surface area contributed by atoms with Crippen LogP contribution >= 0.6 is 132 Å². The van der Waals surface area contributed by atoms with Crippen LogP contribution in [0.1, 0.15) is 91.8 Å². The first-order valence-electron chi connectivity index (χ1n) is 39.2. The summed E-state index contributed by atoms with van der Waals surface area (Å²) in [5.41, 5.74) is 22.5. The molecule has 720 valence electrons. The van der Waals surface area contributed by atoms with Crippen molar-refractivity contribution in [1.82, 2.24) is 27.8 Å². The number of nitro benzene ring substituents is 2. The maximum absolute atomic E-state index is 13.4. The third kappa shape index (κ3) is 47.1. The van der Waals surface area contributed by atoms with Gasteiger partial charge in [0.15, 0.2) is 0 Å². The average molecular weight is 2610 g/mol. The molecule has 11 N–H and O–H groups in total. The standard InChI is InChI=1S/C23H24BrN3O3.C14H21N2.C12H13BrN2O3.C11H13BrN2O4.C11H15BrN2O2.C6H3BrFNO2.C5H11NO2.CH3I.CH2O3.3ClH.HI.2K.2H2O.Sn.H/c1-4-30-20(28)11-12-26-22-17(24)8-6-10-19(22)27(23(26)29)14-16-13-25(3)18-9-5-7-15(2)21(16)18;1-11-7-6-8-13-14(11)12(9-15(13)2)10-16(3,4)5;1-2-18-10(16)6-7-15-11-8(13)4-3-5-9(11)14-12(15)17;1-2-18-10(15)6-7-13-11-8(12)4-3-5-9(11)14(16)17;1-2-16-10(15)6-7-14-11-8(12)4-3-5-9(11)13;7-4-2-1-3-5(6(4)8)9(10)11;1-2-8-5(7)3-4-6;1-2;2-1-4-3;;;;;;;;;;/h5-10,13H,4,11-12,14H2,1-3H3;6-9H,10H2,1-5H3;3-5H,2,6-7H2,1H3,(H,14,17);3-5,13H,2,6-7H2,1H3;3-5,14H,2,6-7,13H2,1H3;1-3H;2-4,6H2,1H3;1H3;1,3H;4*1H;;;2*1H2;;/q;+1;;;;;;;;;;;;2*+1;;;+2;-1/p-4/i;;;;;;;1D;;;;;;;;;;;. The molecular weight excluding hydrogens is 2500 g/mol. The Kier molecular flexibility index (Phi) is 75.8. The van der Waals surface area contributed by atoms with Gasteiger partial charge < -0.3 is 111 Å². The van der Waals surface area contributed by atoms with Gasteiger partial charge in [-0.25, -0.2) is 9.59 Å². The summed E-state index contributed by atoms with van der Waals surface area (Å²) in [5, 5.41) is 37.9. The van der Waals surface area contributed by atoms with Crippen LogP contribution in [0.5, 0.6) is 0 Å². The van der Waals surface area contributed by atoms with Crippen molar-refractivity contribution < 1.29 is 222 Å². The molecular formula is C84H110Br5Cl3FI2K2N13O21Sn. The minimum Gasteiger partial charge on any atom is -1.00 e. The molecule has 0 saturated carbocycles. The Morgan fingerprint density at radius 3 is 1.39 bits per heavy atom. The van der Waals surface area contributed by atoms with E-state index in [-0.39, 0.29) is 242 Å². The zero-order valence-corrected chi connectivity index (χ0v) is 98.9. The molecule has 0 amide bonds. The zero-order valence-electron chi connectivity index (χ0n) is 77.3. The fourth-order valence-electron chi connectivity index (χ4n) is 11.9. The molecule has 0 bridgehead atoms. The molecule has 0 spiro atoms. The summed E-state index contributed by atoms with van der Waals surface area (Å²) in [7, 11) is 20.7. The predicted molar refractivity (Wildman–Crippen MR) is 533 cm³/mol. The van der Waals surface area contributed by atoms with Gasteiger partial charge in [0.2, 0.25) is 5.82 Å². The Morgan fingerprint density at radius 1 is 0.591 bits per heavy atom. The van der Waals surface area contributed by atoms with E-state index in [2.05, 4.69) is 199 Å². The van der Waals surface area contributed by atoms with Crippen LogP contribution in [0.4, 0.5) is 32.8 Å². The third-order valence-electron chi connectivity index (χ3n) is 16.9. The summed E-state index contributed by atoms with van der Waals surface area (Å²) in [4.78, 5) is 115. The first kappa shape index (κ1) is 134. The Balaban J connectivity index is -0.000000357.